The van der Waals surface area contributed by atoms with Gasteiger partial charge in [-0.05, 0) is 25.3 Å². The van der Waals surface area contributed by atoms with Crippen LogP contribution in [0.5, 0.6) is 0 Å². The van der Waals surface area contributed by atoms with Gasteiger partial charge in [0.25, 0.3) is 0 Å². The van der Waals surface area contributed by atoms with E-state index in [1.54, 1.807) is 0 Å². The monoisotopic (exact) mass is 289 g/mol. The molecular weight excluding hydrogens is 262 g/mol. The summed E-state index contributed by atoms with van der Waals surface area (Å²) in [5.74, 6) is -0.0750. The fourth-order valence-corrected chi connectivity index (χ4v) is 3.50. The maximum absolute atomic E-state index is 12.9. The Balaban J connectivity index is 2.44. The van der Waals surface area contributed by atoms with Crippen LogP contribution in [0, 0.1) is 0 Å². The highest BCUT2D eigenvalue weighted by Gasteiger charge is 2.49. The number of esters is 1. The number of hydrogen-bond donors (Lipinski definition) is 1. The van der Waals surface area contributed by atoms with E-state index < -0.39 is 5.41 Å². The molecule has 1 aliphatic rings. The normalized spacial score (nSPS) is 25.8. The number of rotatable bonds is 5. The van der Waals surface area contributed by atoms with E-state index in [-0.39, 0.29) is 12.0 Å². The first-order valence-corrected chi connectivity index (χ1v) is 8.10. The highest BCUT2D eigenvalue weighted by Crippen LogP contribution is 2.41. The zero-order chi connectivity index (χ0) is 15.3. The lowest BCUT2D eigenvalue weighted by atomic mass is 9.65. The van der Waals surface area contributed by atoms with Crippen LogP contribution < -0.4 is 5.32 Å². The molecule has 2 unspecified atom stereocenters. The van der Waals surface area contributed by atoms with Crippen LogP contribution in [-0.4, -0.2) is 24.7 Å². The predicted octanol–water partition coefficient (Wildman–Crippen LogP) is 3.43. The molecule has 3 heteroatoms. The average molecular weight is 289 g/mol. The maximum atomic E-state index is 12.9. The first kappa shape index (κ1) is 16.0. The quantitative estimate of drug-likeness (QED) is 0.844. The van der Waals surface area contributed by atoms with E-state index in [2.05, 4.69) is 31.3 Å². The Kier molecular flexibility index (Phi) is 5.40. The minimum absolute atomic E-state index is 0.0750. The van der Waals surface area contributed by atoms with Crippen LogP contribution in [0.4, 0.5) is 0 Å². The second kappa shape index (κ2) is 7.08. The summed E-state index contributed by atoms with van der Waals surface area (Å²) in [5.41, 5.74) is 0.543. The van der Waals surface area contributed by atoms with Gasteiger partial charge >= 0.3 is 5.97 Å². The number of hydrogen-bond acceptors (Lipinski definition) is 3. The molecule has 0 amide bonds. The second-order valence-electron chi connectivity index (χ2n) is 6.18. The summed E-state index contributed by atoms with van der Waals surface area (Å²) in [6.45, 7) is 6.58. The van der Waals surface area contributed by atoms with Crippen LogP contribution in [-0.2, 0) is 14.9 Å². The molecule has 2 atom stereocenters. The van der Waals surface area contributed by atoms with Crippen LogP contribution in [0.1, 0.15) is 52.0 Å². The van der Waals surface area contributed by atoms with E-state index in [9.17, 15) is 4.79 Å². The lowest BCUT2D eigenvalue weighted by Crippen LogP contribution is -2.57. The highest BCUT2D eigenvalue weighted by atomic mass is 16.5. The van der Waals surface area contributed by atoms with Gasteiger partial charge < -0.3 is 10.1 Å². The molecule has 21 heavy (non-hydrogen) atoms. The maximum Gasteiger partial charge on any atom is 0.318 e. The van der Waals surface area contributed by atoms with Crippen molar-refractivity contribution in [2.45, 2.75) is 64.0 Å². The molecule has 1 aliphatic carbocycles. The fourth-order valence-electron chi connectivity index (χ4n) is 3.50. The van der Waals surface area contributed by atoms with Crippen LogP contribution in [0.3, 0.4) is 0 Å². The molecule has 1 N–H and O–H groups in total. The third-order valence-electron chi connectivity index (χ3n) is 4.37. The van der Waals surface area contributed by atoms with E-state index >= 15 is 0 Å². The Hall–Kier alpha value is -1.35. The number of carbonyl (C=O) groups excluding carboxylic acids is 1. The molecule has 1 fully saturated rings. The molecule has 3 nitrogen and oxygen atoms in total. The SMILES string of the molecule is CCOC(=O)C1(c2ccccc2)CCCCC1NC(C)C. The molecule has 0 radical (unpaired) electrons. The molecule has 1 aromatic carbocycles. The molecule has 0 heterocycles. The Morgan fingerprint density at radius 3 is 2.67 bits per heavy atom. The van der Waals surface area contributed by atoms with Crippen molar-refractivity contribution in [3.8, 4) is 0 Å². The van der Waals surface area contributed by atoms with Crippen molar-refractivity contribution in [2.75, 3.05) is 6.61 Å². The van der Waals surface area contributed by atoms with Crippen molar-refractivity contribution in [1.82, 2.24) is 5.32 Å². The van der Waals surface area contributed by atoms with Crippen LogP contribution >= 0.6 is 0 Å². The topological polar surface area (TPSA) is 38.3 Å². The van der Waals surface area contributed by atoms with Gasteiger partial charge in [0, 0.05) is 12.1 Å². The lowest BCUT2D eigenvalue weighted by molar-refractivity contribution is -0.153. The Morgan fingerprint density at radius 2 is 2.05 bits per heavy atom. The zero-order valence-corrected chi connectivity index (χ0v) is 13.4. The molecule has 116 valence electrons. The van der Waals surface area contributed by atoms with Crippen molar-refractivity contribution in [1.29, 1.82) is 0 Å². The summed E-state index contributed by atoms with van der Waals surface area (Å²) in [4.78, 5) is 12.9. The zero-order valence-electron chi connectivity index (χ0n) is 13.4. The second-order valence-corrected chi connectivity index (χ2v) is 6.18. The van der Waals surface area contributed by atoms with E-state index in [1.807, 2.05) is 25.1 Å². The first-order chi connectivity index (χ1) is 10.1. The highest BCUT2D eigenvalue weighted by molar-refractivity contribution is 5.84. The van der Waals surface area contributed by atoms with Gasteiger partial charge in [0.2, 0.25) is 0 Å². The van der Waals surface area contributed by atoms with E-state index in [0.29, 0.717) is 12.6 Å². The lowest BCUT2D eigenvalue weighted by Gasteiger charge is -2.43. The van der Waals surface area contributed by atoms with Crippen molar-refractivity contribution in [3.05, 3.63) is 35.9 Å². The molecule has 1 aromatic rings. The smallest absolute Gasteiger partial charge is 0.318 e. The third-order valence-corrected chi connectivity index (χ3v) is 4.37. The molecule has 0 spiro atoms. The van der Waals surface area contributed by atoms with Crippen LogP contribution in [0.25, 0.3) is 0 Å². The summed E-state index contributed by atoms with van der Waals surface area (Å²) >= 11 is 0. The van der Waals surface area contributed by atoms with Gasteiger partial charge in [-0.1, -0.05) is 57.0 Å². The van der Waals surface area contributed by atoms with Gasteiger partial charge in [0.05, 0.1) is 6.61 Å². The number of ether oxygens (including phenoxy) is 1. The number of nitrogens with one attached hydrogen (secondary N) is 1. The molecule has 0 saturated heterocycles. The number of benzene rings is 1. The molecule has 2 rings (SSSR count). The molecule has 1 saturated carbocycles. The Morgan fingerprint density at radius 1 is 1.33 bits per heavy atom. The average Bonchev–Trinajstić information content (AvgIpc) is 2.48. The Labute approximate surface area is 128 Å². The van der Waals surface area contributed by atoms with Crippen molar-refractivity contribution < 1.29 is 9.53 Å². The first-order valence-electron chi connectivity index (χ1n) is 8.10. The summed E-state index contributed by atoms with van der Waals surface area (Å²) in [6.07, 6.45) is 4.12. The van der Waals surface area contributed by atoms with Gasteiger partial charge in [0.1, 0.15) is 5.41 Å². The Bertz CT molecular complexity index is 458. The van der Waals surface area contributed by atoms with Crippen molar-refractivity contribution in [2.24, 2.45) is 0 Å². The summed E-state index contributed by atoms with van der Waals surface area (Å²) < 4.78 is 5.47. The van der Waals surface area contributed by atoms with E-state index in [1.165, 1.54) is 6.42 Å². The van der Waals surface area contributed by atoms with Gasteiger partial charge in [-0.15, -0.1) is 0 Å². The summed E-state index contributed by atoms with van der Waals surface area (Å²) in [6, 6.07) is 10.7. The minimum atomic E-state index is -0.542. The molecule has 0 bridgehead atoms. The molecule has 0 aromatic heterocycles. The number of carbonyl (C=O) groups is 1. The van der Waals surface area contributed by atoms with Crippen molar-refractivity contribution in [3.63, 3.8) is 0 Å². The molecule has 0 aliphatic heterocycles. The van der Waals surface area contributed by atoms with Crippen LogP contribution in [0.15, 0.2) is 30.3 Å². The fraction of sp³-hybridized carbons (Fsp3) is 0.611. The van der Waals surface area contributed by atoms with Crippen molar-refractivity contribution >= 4 is 5.97 Å². The van der Waals surface area contributed by atoms with Gasteiger partial charge in [0.15, 0.2) is 0 Å². The van der Waals surface area contributed by atoms with E-state index in [4.69, 9.17) is 4.74 Å². The minimum Gasteiger partial charge on any atom is -0.465 e. The van der Waals surface area contributed by atoms with Crippen LogP contribution in [0.2, 0.25) is 0 Å². The standard InChI is InChI=1S/C18H27NO2/c1-4-21-17(20)18(15-10-6-5-7-11-15)13-9-8-12-16(18)19-14(2)3/h5-7,10-11,14,16,19H,4,8-9,12-13H2,1-3H3. The summed E-state index contributed by atoms with van der Waals surface area (Å²) in [5, 5.41) is 3.61. The van der Waals surface area contributed by atoms with Gasteiger partial charge in [-0.3, -0.25) is 4.79 Å². The third kappa shape index (κ3) is 3.29. The predicted molar refractivity (Wildman–Crippen MR) is 85.3 cm³/mol. The summed E-state index contributed by atoms with van der Waals surface area (Å²) in [7, 11) is 0. The van der Waals surface area contributed by atoms with Gasteiger partial charge in [-0.25, -0.2) is 0 Å². The largest absolute Gasteiger partial charge is 0.465 e. The van der Waals surface area contributed by atoms with Gasteiger partial charge in [-0.2, -0.15) is 0 Å². The molecular formula is C18H27NO2. The van der Waals surface area contributed by atoms with E-state index in [0.717, 1.165) is 24.8 Å².